The monoisotopic (exact) mass is 230 g/mol. The van der Waals surface area contributed by atoms with E-state index in [1.54, 1.807) is 0 Å². The lowest BCUT2D eigenvalue weighted by atomic mass is 10.1. The van der Waals surface area contributed by atoms with Crippen LogP contribution >= 0.6 is 0 Å². The molecule has 0 aromatic carbocycles. The van der Waals surface area contributed by atoms with Crippen molar-refractivity contribution in [1.82, 2.24) is 5.32 Å². The molecule has 0 radical (unpaired) electrons. The molecule has 0 rings (SSSR count). The van der Waals surface area contributed by atoms with Crippen LogP contribution in [-0.2, 0) is 0 Å². The van der Waals surface area contributed by atoms with Gasteiger partial charge < -0.3 is 21.3 Å². The summed E-state index contributed by atoms with van der Waals surface area (Å²) in [6.07, 6.45) is 4.40. The summed E-state index contributed by atoms with van der Waals surface area (Å²) < 4.78 is 0. The minimum Gasteiger partial charge on any atom is -0.495 e. The van der Waals surface area contributed by atoms with Gasteiger partial charge in [-0.1, -0.05) is 20.3 Å². The Hall–Kier alpha value is -0.740. The molecule has 5 N–H and O–H groups in total. The van der Waals surface area contributed by atoms with Crippen molar-refractivity contribution in [3.05, 3.63) is 11.5 Å². The number of aliphatic hydroxyl groups excluding tert-OH is 2. The van der Waals surface area contributed by atoms with E-state index in [0.29, 0.717) is 25.4 Å². The predicted octanol–water partition coefficient (Wildman–Crippen LogP) is 1.66. The normalized spacial score (nSPS) is 14.5. The number of rotatable bonds is 9. The van der Waals surface area contributed by atoms with E-state index in [0.717, 1.165) is 24.8 Å². The third kappa shape index (κ3) is 5.98. The predicted molar refractivity (Wildman–Crippen MR) is 67.2 cm³/mol. The summed E-state index contributed by atoms with van der Waals surface area (Å²) in [5, 5.41) is 21.7. The number of nitrogens with two attached hydrogens (primary N) is 1. The average molecular weight is 230 g/mol. The molecule has 0 aromatic rings. The van der Waals surface area contributed by atoms with Crippen LogP contribution in [0.15, 0.2) is 11.5 Å². The molecule has 0 bridgehead atoms. The molecule has 1 unspecified atom stereocenters. The molecule has 0 saturated heterocycles. The zero-order chi connectivity index (χ0) is 12.4. The number of hydrogen-bond acceptors (Lipinski definition) is 4. The van der Waals surface area contributed by atoms with Gasteiger partial charge in [-0.25, -0.2) is 0 Å². The van der Waals surface area contributed by atoms with Crippen molar-refractivity contribution >= 4 is 0 Å². The molecular weight excluding hydrogens is 204 g/mol. The van der Waals surface area contributed by atoms with Crippen molar-refractivity contribution in [3.8, 4) is 0 Å². The summed E-state index contributed by atoms with van der Waals surface area (Å²) in [4.78, 5) is 0. The SMILES string of the molecule is CCCC(CC)N/C(O)=C(\CN)CCCO. The number of aliphatic hydroxyl groups is 2. The van der Waals surface area contributed by atoms with Gasteiger partial charge in [-0.15, -0.1) is 0 Å². The van der Waals surface area contributed by atoms with E-state index < -0.39 is 0 Å². The highest BCUT2D eigenvalue weighted by molar-refractivity contribution is 5.08. The van der Waals surface area contributed by atoms with Gasteiger partial charge in [-0.3, -0.25) is 0 Å². The molecule has 4 nitrogen and oxygen atoms in total. The Bertz CT molecular complexity index is 205. The number of nitrogens with one attached hydrogen (secondary N) is 1. The van der Waals surface area contributed by atoms with Crippen molar-refractivity contribution in [2.45, 2.75) is 52.0 Å². The lowest BCUT2D eigenvalue weighted by molar-refractivity contribution is 0.283. The maximum atomic E-state index is 9.87. The van der Waals surface area contributed by atoms with Gasteiger partial charge in [0.25, 0.3) is 0 Å². The molecule has 0 saturated carbocycles. The quantitative estimate of drug-likeness (QED) is 0.454. The maximum Gasteiger partial charge on any atom is 0.184 e. The van der Waals surface area contributed by atoms with Gasteiger partial charge in [0.1, 0.15) is 0 Å². The Morgan fingerprint density at radius 1 is 1.38 bits per heavy atom. The van der Waals surface area contributed by atoms with Gasteiger partial charge in [0.15, 0.2) is 5.88 Å². The van der Waals surface area contributed by atoms with Crippen molar-refractivity contribution in [1.29, 1.82) is 0 Å². The van der Waals surface area contributed by atoms with E-state index in [4.69, 9.17) is 10.8 Å². The van der Waals surface area contributed by atoms with Crippen molar-refractivity contribution in [2.75, 3.05) is 13.2 Å². The van der Waals surface area contributed by atoms with Crippen LogP contribution in [-0.4, -0.2) is 29.4 Å². The Kier molecular flexibility index (Phi) is 9.04. The van der Waals surface area contributed by atoms with Crippen LogP contribution in [0.25, 0.3) is 0 Å². The van der Waals surface area contributed by atoms with Crippen molar-refractivity contribution < 1.29 is 10.2 Å². The van der Waals surface area contributed by atoms with E-state index in [-0.39, 0.29) is 12.5 Å². The largest absolute Gasteiger partial charge is 0.495 e. The molecule has 0 aliphatic heterocycles. The summed E-state index contributed by atoms with van der Waals surface area (Å²) in [5.41, 5.74) is 6.36. The van der Waals surface area contributed by atoms with Crippen LogP contribution in [0.1, 0.15) is 46.0 Å². The van der Waals surface area contributed by atoms with Crippen LogP contribution in [0.4, 0.5) is 0 Å². The van der Waals surface area contributed by atoms with Crippen LogP contribution in [0.5, 0.6) is 0 Å². The van der Waals surface area contributed by atoms with Gasteiger partial charge in [0.05, 0.1) is 0 Å². The highest BCUT2D eigenvalue weighted by Crippen LogP contribution is 2.09. The average Bonchev–Trinajstić information content (AvgIpc) is 2.29. The first-order chi connectivity index (χ1) is 7.69. The molecule has 0 aromatic heterocycles. The third-order valence-corrected chi connectivity index (χ3v) is 2.69. The molecule has 4 heteroatoms. The standard InChI is InChI=1S/C12H26N2O2/c1-3-6-11(4-2)14-12(16)10(9-13)7-5-8-15/h11,14-16H,3-9,13H2,1-2H3/b12-10+. The molecule has 96 valence electrons. The Balaban J connectivity index is 4.32. The molecule has 0 aliphatic rings. The zero-order valence-corrected chi connectivity index (χ0v) is 10.5. The summed E-state index contributed by atoms with van der Waals surface area (Å²) in [6.45, 7) is 4.68. The van der Waals surface area contributed by atoms with Crippen LogP contribution in [0, 0.1) is 0 Å². The molecular formula is C12H26N2O2. The minimum absolute atomic E-state index is 0.128. The fourth-order valence-corrected chi connectivity index (χ4v) is 1.63. The highest BCUT2D eigenvalue weighted by Gasteiger charge is 2.09. The van der Waals surface area contributed by atoms with Gasteiger partial charge in [-0.2, -0.15) is 0 Å². The summed E-state index contributed by atoms with van der Waals surface area (Å²) in [7, 11) is 0. The van der Waals surface area contributed by atoms with Crippen molar-refractivity contribution in [3.63, 3.8) is 0 Å². The molecule has 0 aliphatic carbocycles. The second-order valence-electron chi connectivity index (χ2n) is 4.02. The summed E-state index contributed by atoms with van der Waals surface area (Å²) in [5.74, 6) is 0.205. The topological polar surface area (TPSA) is 78.5 Å². The van der Waals surface area contributed by atoms with E-state index in [2.05, 4.69) is 19.2 Å². The smallest absolute Gasteiger partial charge is 0.184 e. The van der Waals surface area contributed by atoms with Crippen molar-refractivity contribution in [2.24, 2.45) is 5.73 Å². The molecule has 0 heterocycles. The number of hydrogen-bond donors (Lipinski definition) is 4. The first kappa shape index (κ1) is 15.3. The second kappa shape index (κ2) is 9.48. The van der Waals surface area contributed by atoms with Gasteiger partial charge in [-0.05, 0) is 25.7 Å². The van der Waals surface area contributed by atoms with E-state index in [1.807, 2.05) is 0 Å². The fourth-order valence-electron chi connectivity index (χ4n) is 1.63. The fraction of sp³-hybridized carbons (Fsp3) is 0.833. The molecule has 0 fully saturated rings. The molecule has 0 amide bonds. The second-order valence-corrected chi connectivity index (χ2v) is 4.02. The van der Waals surface area contributed by atoms with Crippen LogP contribution in [0.2, 0.25) is 0 Å². The third-order valence-electron chi connectivity index (χ3n) is 2.69. The highest BCUT2D eigenvalue weighted by atomic mass is 16.3. The lowest BCUT2D eigenvalue weighted by Gasteiger charge is -2.18. The van der Waals surface area contributed by atoms with Gasteiger partial charge >= 0.3 is 0 Å². The molecule has 16 heavy (non-hydrogen) atoms. The van der Waals surface area contributed by atoms with E-state index in [1.165, 1.54) is 0 Å². The first-order valence-electron chi connectivity index (χ1n) is 6.17. The van der Waals surface area contributed by atoms with Crippen LogP contribution in [0.3, 0.4) is 0 Å². The molecule has 1 atom stereocenters. The lowest BCUT2D eigenvalue weighted by Crippen LogP contribution is -2.29. The Morgan fingerprint density at radius 3 is 2.50 bits per heavy atom. The van der Waals surface area contributed by atoms with Gasteiger partial charge in [0.2, 0.25) is 0 Å². The summed E-state index contributed by atoms with van der Waals surface area (Å²) >= 11 is 0. The van der Waals surface area contributed by atoms with E-state index >= 15 is 0 Å². The van der Waals surface area contributed by atoms with E-state index in [9.17, 15) is 5.11 Å². The zero-order valence-electron chi connectivity index (χ0n) is 10.5. The first-order valence-corrected chi connectivity index (χ1v) is 6.17. The minimum atomic E-state index is 0.128. The Morgan fingerprint density at radius 2 is 2.06 bits per heavy atom. The Labute approximate surface area is 98.5 Å². The van der Waals surface area contributed by atoms with Gasteiger partial charge in [0, 0.05) is 24.8 Å². The molecule has 0 spiro atoms. The maximum absolute atomic E-state index is 9.87. The van der Waals surface area contributed by atoms with Crippen LogP contribution < -0.4 is 11.1 Å². The summed E-state index contributed by atoms with van der Waals surface area (Å²) in [6, 6.07) is 0.306.